The molecule has 0 amide bonds. The third-order valence-corrected chi connectivity index (χ3v) is 5.29. The maximum atomic E-state index is 13.9. The summed E-state index contributed by atoms with van der Waals surface area (Å²) in [4.78, 5) is 0.940. The molecule has 1 aromatic heterocycles. The van der Waals surface area contributed by atoms with Gasteiger partial charge in [-0.05, 0) is 41.2 Å². The van der Waals surface area contributed by atoms with Gasteiger partial charge in [0.05, 0.1) is 14.9 Å². The van der Waals surface area contributed by atoms with Crippen LogP contribution in [0.4, 0.5) is 4.39 Å². The van der Waals surface area contributed by atoms with E-state index in [0.717, 1.165) is 8.66 Å². The van der Waals surface area contributed by atoms with E-state index in [0.29, 0.717) is 15.6 Å². The van der Waals surface area contributed by atoms with Crippen LogP contribution in [-0.2, 0) is 0 Å². The topological polar surface area (TPSA) is 12.0 Å². The molecule has 6 heteroatoms. The van der Waals surface area contributed by atoms with Crippen LogP contribution in [0.5, 0.6) is 0 Å². The van der Waals surface area contributed by atoms with Gasteiger partial charge < -0.3 is 5.32 Å². The summed E-state index contributed by atoms with van der Waals surface area (Å²) < 4.78 is 14.8. The fraction of sp³-hybridized carbons (Fsp3) is 0.167. The van der Waals surface area contributed by atoms with E-state index in [-0.39, 0.29) is 11.9 Å². The van der Waals surface area contributed by atoms with Crippen LogP contribution < -0.4 is 5.32 Å². The summed E-state index contributed by atoms with van der Waals surface area (Å²) in [6.45, 7) is 0. The van der Waals surface area contributed by atoms with E-state index in [1.807, 2.05) is 6.07 Å². The zero-order valence-corrected chi connectivity index (χ0v) is 13.2. The molecule has 0 aliphatic carbocycles. The molecule has 1 N–H and O–H groups in total. The molecule has 1 unspecified atom stereocenters. The SMILES string of the molecule is CNC(c1cc(Cl)c(Br)s1)c1ccc(Cl)cc1F. The monoisotopic (exact) mass is 367 g/mol. The van der Waals surface area contributed by atoms with Gasteiger partial charge >= 0.3 is 0 Å². The first-order chi connectivity index (χ1) is 8.52. The van der Waals surface area contributed by atoms with Crippen LogP contribution in [0, 0.1) is 5.82 Å². The van der Waals surface area contributed by atoms with Gasteiger partial charge in [-0.1, -0.05) is 29.3 Å². The van der Waals surface area contributed by atoms with Gasteiger partial charge in [-0.2, -0.15) is 0 Å². The number of thiophene rings is 1. The Kier molecular flexibility index (Phi) is 4.67. The molecule has 0 saturated carbocycles. The first-order valence-corrected chi connectivity index (χ1v) is 7.46. The molecule has 1 aromatic carbocycles. The standard InChI is InChI=1S/C12H9BrCl2FNS/c1-17-11(10-5-8(15)12(13)18-10)7-3-2-6(14)4-9(7)16/h2-5,11,17H,1H3. The smallest absolute Gasteiger partial charge is 0.129 e. The molecule has 0 saturated heterocycles. The zero-order valence-electron chi connectivity index (χ0n) is 9.31. The van der Waals surface area contributed by atoms with Gasteiger partial charge in [-0.3, -0.25) is 0 Å². The normalized spacial score (nSPS) is 12.7. The lowest BCUT2D eigenvalue weighted by atomic mass is 10.1. The van der Waals surface area contributed by atoms with E-state index < -0.39 is 0 Å². The Balaban J connectivity index is 2.45. The van der Waals surface area contributed by atoms with Crippen molar-refractivity contribution in [3.05, 3.63) is 54.4 Å². The van der Waals surface area contributed by atoms with Crippen molar-refractivity contribution in [2.45, 2.75) is 6.04 Å². The number of nitrogens with one attached hydrogen (secondary N) is 1. The summed E-state index contributed by atoms with van der Waals surface area (Å²) in [6.07, 6.45) is 0. The predicted molar refractivity (Wildman–Crippen MR) is 79.3 cm³/mol. The highest BCUT2D eigenvalue weighted by atomic mass is 79.9. The minimum atomic E-state index is -0.331. The van der Waals surface area contributed by atoms with E-state index in [9.17, 15) is 4.39 Å². The molecule has 18 heavy (non-hydrogen) atoms. The number of hydrogen-bond donors (Lipinski definition) is 1. The summed E-state index contributed by atoms with van der Waals surface area (Å²) >= 11 is 16.6. The molecule has 0 aliphatic rings. The van der Waals surface area contributed by atoms with Crippen LogP contribution in [0.3, 0.4) is 0 Å². The first-order valence-electron chi connectivity index (χ1n) is 5.10. The van der Waals surface area contributed by atoms with Crippen molar-refractivity contribution in [2.24, 2.45) is 0 Å². The quantitative estimate of drug-likeness (QED) is 0.778. The van der Waals surface area contributed by atoms with E-state index in [1.54, 1.807) is 19.2 Å². The molecule has 2 aromatic rings. The number of halogens is 4. The highest BCUT2D eigenvalue weighted by Crippen LogP contribution is 2.38. The van der Waals surface area contributed by atoms with E-state index in [4.69, 9.17) is 23.2 Å². The van der Waals surface area contributed by atoms with Crippen molar-refractivity contribution < 1.29 is 4.39 Å². The maximum Gasteiger partial charge on any atom is 0.129 e. The number of benzene rings is 1. The predicted octanol–water partition coefficient (Wildman–Crippen LogP) is 5.27. The molecule has 0 aliphatic heterocycles. The molecule has 2 rings (SSSR count). The van der Waals surface area contributed by atoms with E-state index in [1.165, 1.54) is 17.4 Å². The van der Waals surface area contributed by atoms with Crippen molar-refractivity contribution in [1.82, 2.24) is 5.32 Å². The lowest BCUT2D eigenvalue weighted by molar-refractivity contribution is 0.579. The molecular formula is C12H9BrCl2FNS. The molecule has 0 bridgehead atoms. The lowest BCUT2D eigenvalue weighted by Crippen LogP contribution is -2.17. The third kappa shape index (κ3) is 2.89. The van der Waals surface area contributed by atoms with Gasteiger partial charge in [0.1, 0.15) is 5.82 Å². The second-order valence-electron chi connectivity index (χ2n) is 3.66. The Hall–Kier alpha value is -0.130. The summed E-state index contributed by atoms with van der Waals surface area (Å²) in [5.41, 5.74) is 0.548. The fourth-order valence-electron chi connectivity index (χ4n) is 1.69. The van der Waals surface area contributed by atoms with Crippen molar-refractivity contribution in [2.75, 3.05) is 7.05 Å². The van der Waals surface area contributed by atoms with Crippen LogP contribution in [0.2, 0.25) is 10.0 Å². The van der Waals surface area contributed by atoms with Gasteiger partial charge in [0.2, 0.25) is 0 Å². The van der Waals surface area contributed by atoms with Gasteiger partial charge in [-0.15, -0.1) is 11.3 Å². The van der Waals surface area contributed by atoms with Crippen LogP contribution in [0.1, 0.15) is 16.5 Å². The Morgan fingerprint density at radius 1 is 1.33 bits per heavy atom. The average Bonchev–Trinajstić information content (AvgIpc) is 2.63. The zero-order chi connectivity index (χ0) is 13.3. The first kappa shape index (κ1) is 14.3. The van der Waals surface area contributed by atoms with Crippen molar-refractivity contribution in [3.8, 4) is 0 Å². The van der Waals surface area contributed by atoms with Crippen LogP contribution in [0.15, 0.2) is 28.1 Å². The highest BCUT2D eigenvalue weighted by Gasteiger charge is 2.19. The van der Waals surface area contributed by atoms with Crippen LogP contribution in [0.25, 0.3) is 0 Å². The summed E-state index contributed by atoms with van der Waals surface area (Å²) in [5.74, 6) is -0.331. The second-order valence-corrected chi connectivity index (χ2v) is 6.90. The van der Waals surface area contributed by atoms with Crippen LogP contribution >= 0.6 is 50.5 Å². The molecular weight excluding hydrogens is 360 g/mol. The van der Waals surface area contributed by atoms with Crippen molar-refractivity contribution in [1.29, 1.82) is 0 Å². The molecule has 0 spiro atoms. The Morgan fingerprint density at radius 2 is 2.06 bits per heavy atom. The van der Waals surface area contributed by atoms with E-state index >= 15 is 0 Å². The fourth-order valence-corrected chi connectivity index (χ4v) is 3.73. The largest absolute Gasteiger partial charge is 0.309 e. The lowest BCUT2D eigenvalue weighted by Gasteiger charge is -2.15. The molecule has 0 fully saturated rings. The Labute approximate surface area is 127 Å². The summed E-state index contributed by atoms with van der Waals surface area (Å²) in [7, 11) is 1.78. The van der Waals surface area contributed by atoms with Crippen molar-refractivity contribution >= 4 is 50.5 Å². The number of hydrogen-bond acceptors (Lipinski definition) is 2. The minimum Gasteiger partial charge on any atom is -0.309 e. The average molecular weight is 369 g/mol. The summed E-state index contributed by atoms with van der Waals surface area (Å²) in [5, 5.41) is 4.10. The molecule has 0 radical (unpaired) electrons. The van der Waals surface area contributed by atoms with Gasteiger partial charge in [0.15, 0.2) is 0 Å². The molecule has 1 heterocycles. The molecule has 96 valence electrons. The van der Waals surface area contributed by atoms with Crippen LogP contribution in [-0.4, -0.2) is 7.05 Å². The Morgan fingerprint density at radius 3 is 2.56 bits per heavy atom. The van der Waals surface area contributed by atoms with Gasteiger partial charge in [0.25, 0.3) is 0 Å². The molecule has 1 atom stereocenters. The highest BCUT2D eigenvalue weighted by molar-refractivity contribution is 9.11. The number of rotatable bonds is 3. The van der Waals surface area contributed by atoms with Gasteiger partial charge in [0, 0.05) is 15.5 Å². The maximum absolute atomic E-state index is 13.9. The van der Waals surface area contributed by atoms with Gasteiger partial charge in [-0.25, -0.2) is 4.39 Å². The third-order valence-electron chi connectivity index (χ3n) is 2.51. The molecule has 1 nitrogen and oxygen atoms in total. The minimum absolute atomic E-state index is 0.240. The van der Waals surface area contributed by atoms with E-state index in [2.05, 4.69) is 21.2 Å². The van der Waals surface area contributed by atoms with Crippen molar-refractivity contribution in [3.63, 3.8) is 0 Å². The second kappa shape index (κ2) is 5.88. The summed E-state index contributed by atoms with van der Waals surface area (Å²) in [6, 6.07) is 6.25. The Bertz CT molecular complexity index is 554.